The van der Waals surface area contributed by atoms with Crippen molar-refractivity contribution in [2.45, 2.75) is 44.6 Å². The highest BCUT2D eigenvalue weighted by molar-refractivity contribution is 5.83. The Balaban J connectivity index is 1.38. The number of carbonyl (C=O) groups excluding carboxylic acids is 1. The monoisotopic (exact) mass is 337 g/mol. The Labute approximate surface area is 149 Å². The molecule has 25 heavy (non-hydrogen) atoms. The van der Waals surface area contributed by atoms with Crippen molar-refractivity contribution in [3.63, 3.8) is 0 Å². The first-order chi connectivity index (χ1) is 12.2. The number of ketones is 1. The molecule has 132 valence electrons. The van der Waals surface area contributed by atoms with Gasteiger partial charge in [0.1, 0.15) is 5.78 Å². The number of hydrogen-bond donors (Lipinski definition) is 0. The smallest absolute Gasteiger partial charge is 0.141 e. The summed E-state index contributed by atoms with van der Waals surface area (Å²) in [5.74, 6) is 1.28. The van der Waals surface area contributed by atoms with E-state index in [0.29, 0.717) is 18.1 Å². The van der Waals surface area contributed by atoms with Crippen LogP contribution in [0.25, 0.3) is 0 Å². The quantitative estimate of drug-likeness (QED) is 0.811. The molecule has 0 bridgehead atoms. The number of Topliss-reactive ketones (excluding diaryl/α,β-unsaturated/α-hetero) is 1. The highest BCUT2D eigenvalue weighted by Crippen LogP contribution is 2.41. The van der Waals surface area contributed by atoms with E-state index in [2.05, 4.69) is 33.9 Å². The predicted molar refractivity (Wildman–Crippen MR) is 98.3 cm³/mol. The highest BCUT2D eigenvalue weighted by Gasteiger charge is 2.31. The number of carbonyl (C=O) groups is 1. The Morgan fingerprint density at radius 2 is 2.00 bits per heavy atom. The van der Waals surface area contributed by atoms with E-state index in [-0.39, 0.29) is 5.92 Å². The molecule has 0 unspecified atom stereocenters. The molecule has 2 heterocycles. The van der Waals surface area contributed by atoms with E-state index in [1.54, 1.807) is 0 Å². The predicted octanol–water partition coefficient (Wildman–Crippen LogP) is 3.32. The largest absolute Gasteiger partial charge is 0.299 e. The highest BCUT2D eigenvalue weighted by atomic mass is 16.1. The SMILES string of the molecule is Cn1ncc(CN2CCC[C@H](C(=O)Cc3ccccc3)C2)c1C1CC1. The van der Waals surface area contributed by atoms with E-state index in [1.807, 2.05) is 24.4 Å². The summed E-state index contributed by atoms with van der Waals surface area (Å²) in [6.07, 6.45) is 7.34. The van der Waals surface area contributed by atoms with Gasteiger partial charge in [-0.05, 0) is 37.8 Å². The Morgan fingerprint density at radius 3 is 2.76 bits per heavy atom. The van der Waals surface area contributed by atoms with Crippen LogP contribution in [0.1, 0.15) is 48.4 Å². The zero-order valence-electron chi connectivity index (χ0n) is 15.0. The van der Waals surface area contributed by atoms with Gasteiger partial charge in [0.2, 0.25) is 0 Å². The molecule has 2 fully saturated rings. The van der Waals surface area contributed by atoms with Gasteiger partial charge >= 0.3 is 0 Å². The van der Waals surface area contributed by atoms with Crippen LogP contribution in [-0.2, 0) is 24.8 Å². The maximum Gasteiger partial charge on any atom is 0.141 e. The van der Waals surface area contributed by atoms with Gasteiger partial charge in [0, 0.05) is 49.7 Å². The molecule has 0 spiro atoms. The van der Waals surface area contributed by atoms with E-state index in [9.17, 15) is 4.79 Å². The van der Waals surface area contributed by atoms with Crippen molar-refractivity contribution in [2.24, 2.45) is 13.0 Å². The molecule has 1 saturated carbocycles. The summed E-state index contributed by atoms with van der Waals surface area (Å²) in [4.78, 5) is 15.2. The average molecular weight is 337 g/mol. The minimum Gasteiger partial charge on any atom is -0.299 e. The van der Waals surface area contributed by atoms with Gasteiger partial charge in [0.25, 0.3) is 0 Å². The maximum atomic E-state index is 12.7. The fraction of sp³-hybridized carbons (Fsp3) is 0.524. The van der Waals surface area contributed by atoms with Gasteiger partial charge in [-0.1, -0.05) is 30.3 Å². The molecule has 1 aliphatic carbocycles. The van der Waals surface area contributed by atoms with E-state index >= 15 is 0 Å². The molecule has 4 heteroatoms. The van der Waals surface area contributed by atoms with Crippen molar-refractivity contribution < 1.29 is 4.79 Å². The van der Waals surface area contributed by atoms with Gasteiger partial charge in [0.15, 0.2) is 0 Å². The Bertz CT molecular complexity index is 733. The van der Waals surface area contributed by atoms with Gasteiger partial charge in [-0.25, -0.2) is 0 Å². The Hall–Kier alpha value is -1.94. The third-order valence-corrected chi connectivity index (χ3v) is 5.60. The van der Waals surface area contributed by atoms with Crippen LogP contribution >= 0.6 is 0 Å². The standard InChI is InChI=1S/C21H27N3O/c1-23-21(17-9-10-17)19(13-22-23)15-24-11-5-8-18(14-24)20(25)12-16-6-3-2-4-7-16/h2-4,6-7,13,17-18H,5,8-12,14-15H2,1H3/t18-/m0/s1. The van der Waals surface area contributed by atoms with Crippen LogP contribution in [0.3, 0.4) is 0 Å². The van der Waals surface area contributed by atoms with E-state index in [0.717, 1.165) is 38.0 Å². The zero-order valence-corrected chi connectivity index (χ0v) is 15.0. The van der Waals surface area contributed by atoms with Crippen LogP contribution < -0.4 is 0 Å². The summed E-state index contributed by atoms with van der Waals surface area (Å²) >= 11 is 0. The Morgan fingerprint density at radius 1 is 1.20 bits per heavy atom. The van der Waals surface area contributed by atoms with Crippen molar-refractivity contribution in [1.29, 1.82) is 0 Å². The van der Waals surface area contributed by atoms with Crippen molar-refractivity contribution in [2.75, 3.05) is 13.1 Å². The minimum absolute atomic E-state index is 0.176. The van der Waals surface area contributed by atoms with Crippen LogP contribution in [0.2, 0.25) is 0 Å². The van der Waals surface area contributed by atoms with Gasteiger partial charge in [-0.15, -0.1) is 0 Å². The van der Waals surface area contributed by atoms with Crippen molar-refractivity contribution in [3.8, 4) is 0 Å². The molecule has 2 aromatic rings. The lowest BCUT2D eigenvalue weighted by Crippen LogP contribution is -2.38. The fourth-order valence-electron chi connectivity index (χ4n) is 4.14. The summed E-state index contributed by atoms with van der Waals surface area (Å²) < 4.78 is 2.05. The summed E-state index contributed by atoms with van der Waals surface area (Å²) in [6.45, 7) is 2.92. The lowest BCUT2D eigenvalue weighted by atomic mass is 9.90. The number of hydrogen-bond acceptors (Lipinski definition) is 3. The van der Waals surface area contributed by atoms with Crippen molar-refractivity contribution in [1.82, 2.24) is 14.7 Å². The normalized spacial score (nSPS) is 21.4. The molecule has 1 atom stereocenters. The van der Waals surface area contributed by atoms with Crippen LogP contribution in [0.4, 0.5) is 0 Å². The van der Waals surface area contributed by atoms with Crippen LogP contribution in [0, 0.1) is 5.92 Å². The van der Waals surface area contributed by atoms with Gasteiger partial charge in [-0.2, -0.15) is 5.10 Å². The number of aromatic nitrogens is 2. The fourth-order valence-corrected chi connectivity index (χ4v) is 4.14. The van der Waals surface area contributed by atoms with E-state index < -0.39 is 0 Å². The van der Waals surface area contributed by atoms with Gasteiger partial charge in [-0.3, -0.25) is 14.4 Å². The summed E-state index contributed by atoms with van der Waals surface area (Å²) in [7, 11) is 2.06. The molecule has 1 aliphatic heterocycles. The zero-order chi connectivity index (χ0) is 17.2. The molecule has 1 saturated heterocycles. The molecule has 4 rings (SSSR count). The van der Waals surface area contributed by atoms with E-state index in [4.69, 9.17) is 0 Å². The first-order valence-corrected chi connectivity index (χ1v) is 9.50. The first-order valence-electron chi connectivity index (χ1n) is 9.50. The molecule has 1 aromatic heterocycles. The summed E-state index contributed by atoms with van der Waals surface area (Å²) in [5.41, 5.74) is 3.91. The molecule has 2 aliphatic rings. The molecule has 4 nitrogen and oxygen atoms in total. The molecule has 0 amide bonds. The van der Waals surface area contributed by atoms with Crippen LogP contribution in [0.5, 0.6) is 0 Å². The number of rotatable bonds is 6. The molecule has 0 radical (unpaired) electrons. The Kier molecular flexibility index (Phi) is 4.71. The topological polar surface area (TPSA) is 38.1 Å². The van der Waals surface area contributed by atoms with Gasteiger partial charge < -0.3 is 0 Å². The number of piperidine rings is 1. The third kappa shape index (κ3) is 3.84. The lowest BCUT2D eigenvalue weighted by molar-refractivity contribution is -0.123. The molecule has 1 aromatic carbocycles. The van der Waals surface area contributed by atoms with Gasteiger partial charge in [0.05, 0.1) is 6.20 Å². The van der Waals surface area contributed by atoms with Crippen LogP contribution in [-0.4, -0.2) is 33.6 Å². The minimum atomic E-state index is 0.176. The second-order valence-corrected chi connectivity index (χ2v) is 7.66. The molecular formula is C21H27N3O. The molecule has 0 N–H and O–H groups in total. The van der Waals surface area contributed by atoms with Crippen LogP contribution in [0.15, 0.2) is 36.5 Å². The second-order valence-electron chi connectivity index (χ2n) is 7.66. The van der Waals surface area contributed by atoms with Crippen molar-refractivity contribution >= 4 is 5.78 Å². The average Bonchev–Trinajstić information content (AvgIpc) is 3.40. The maximum absolute atomic E-state index is 12.7. The summed E-state index contributed by atoms with van der Waals surface area (Å²) in [6, 6.07) is 10.1. The van der Waals surface area contributed by atoms with Crippen molar-refractivity contribution in [3.05, 3.63) is 53.3 Å². The first kappa shape index (κ1) is 16.5. The number of nitrogens with zero attached hydrogens (tertiary/aromatic N) is 3. The van der Waals surface area contributed by atoms with E-state index in [1.165, 1.54) is 24.1 Å². The molecular weight excluding hydrogens is 310 g/mol. The lowest BCUT2D eigenvalue weighted by Gasteiger charge is -2.32. The third-order valence-electron chi connectivity index (χ3n) is 5.60. The summed E-state index contributed by atoms with van der Waals surface area (Å²) in [5, 5.41) is 4.48. The number of aryl methyl sites for hydroxylation is 1. The second kappa shape index (κ2) is 7.12. The number of likely N-dealkylation sites (tertiary alicyclic amines) is 1. The number of benzene rings is 1.